The summed E-state index contributed by atoms with van der Waals surface area (Å²) < 4.78 is 16.4. The summed E-state index contributed by atoms with van der Waals surface area (Å²) in [6, 6.07) is 2.53. The molecule has 5 heterocycles. The smallest absolute Gasteiger partial charge is 0.292 e. The summed E-state index contributed by atoms with van der Waals surface area (Å²) in [5.41, 5.74) is 1.64. The Balaban J connectivity index is 1.50. The number of carbonyl (C=O) groups is 1. The molecule has 3 atom stereocenters. The van der Waals surface area contributed by atoms with Crippen LogP contribution in [0.3, 0.4) is 0 Å². The number of piperazine rings is 1. The number of anilines is 1. The topological polar surface area (TPSA) is 96.3 Å². The molecular weight excluding hydrogens is 430 g/mol. The fourth-order valence-corrected chi connectivity index (χ4v) is 5.14. The van der Waals surface area contributed by atoms with E-state index in [4.69, 9.17) is 9.47 Å². The van der Waals surface area contributed by atoms with Crippen molar-refractivity contribution in [3.63, 3.8) is 0 Å². The van der Waals surface area contributed by atoms with Gasteiger partial charge in [-0.3, -0.25) is 9.20 Å². The molecule has 0 bridgehead atoms. The summed E-state index contributed by atoms with van der Waals surface area (Å²) in [6.07, 6.45) is 2.11. The number of ether oxygens (including phenoxy) is 2. The van der Waals surface area contributed by atoms with Gasteiger partial charge in [0.05, 0.1) is 37.2 Å². The zero-order valence-corrected chi connectivity index (χ0v) is 19.7. The van der Waals surface area contributed by atoms with Gasteiger partial charge in [-0.15, -0.1) is 10.2 Å². The van der Waals surface area contributed by atoms with E-state index < -0.39 is 0 Å². The molecule has 0 saturated carbocycles. The van der Waals surface area contributed by atoms with Gasteiger partial charge in [0.1, 0.15) is 0 Å². The third-order valence-electron chi connectivity index (χ3n) is 6.59. The highest BCUT2D eigenvalue weighted by molar-refractivity contribution is 7.97. The van der Waals surface area contributed by atoms with E-state index in [-0.39, 0.29) is 17.6 Å². The van der Waals surface area contributed by atoms with Crippen LogP contribution in [0.15, 0.2) is 17.2 Å². The molecule has 11 heteroatoms. The van der Waals surface area contributed by atoms with Gasteiger partial charge in [-0.2, -0.15) is 0 Å². The van der Waals surface area contributed by atoms with E-state index in [0.29, 0.717) is 50.4 Å². The maximum absolute atomic E-state index is 13.2. The number of aromatic nitrogens is 3. The average molecular weight is 462 g/mol. The lowest BCUT2D eigenvalue weighted by atomic mass is 9.93. The van der Waals surface area contributed by atoms with Crippen LogP contribution >= 0.6 is 11.9 Å². The predicted molar refractivity (Wildman–Crippen MR) is 122 cm³/mol. The van der Waals surface area contributed by atoms with Gasteiger partial charge < -0.3 is 24.6 Å². The van der Waals surface area contributed by atoms with Crippen molar-refractivity contribution < 1.29 is 14.3 Å². The van der Waals surface area contributed by atoms with Crippen LogP contribution in [0.1, 0.15) is 31.4 Å². The summed E-state index contributed by atoms with van der Waals surface area (Å²) in [7, 11) is 0. The number of carbonyl (C=O) groups excluding carboxylic acids is 1. The minimum Gasteiger partial charge on any atom is -0.378 e. The van der Waals surface area contributed by atoms with Crippen LogP contribution in [0.25, 0.3) is 5.65 Å². The van der Waals surface area contributed by atoms with E-state index in [1.807, 2.05) is 10.6 Å². The van der Waals surface area contributed by atoms with Crippen molar-refractivity contribution in [2.45, 2.75) is 43.4 Å². The molecule has 3 aliphatic rings. The van der Waals surface area contributed by atoms with Crippen LogP contribution < -0.4 is 14.9 Å². The fraction of sp³-hybridized carbons (Fsp3) is 0.667. The monoisotopic (exact) mass is 461 g/mol. The van der Waals surface area contributed by atoms with Crippen LogP contribution in [0.5, 0.6) is 0 Å². The summed E-state index contributed by atoms with van der Waals surface area (Å²) >= 11 is 1.57. The number of morpholine rings is 1. The number of rotatable bonds is 5. The molecule has 3 unspecified atom stereocenters. The Kier molecular flexibility index (Phi) is 6.01. The molecule has 5 rings (SSSR count). The molecule has 0 aliphatic carbocycles. The Morgan fingerprint density at radius 1 is 1.28 bits per heavy atom. The predicted octanol–water partition coefficient (Wildman–Crippen LogP) is 0.774. The highest BCUT2D eigenvalue weighted by Gasteiger charge is 2.41. The van der Waals surface area contributed by atoms with Gasteiger partial charge in [-0.25, -0.2) is 4.72 Å². The molecule has 3 saturated heterocycles. The van der Waals surface area contributed by atoms with Gasteiger partial charge in [-0.1, -0.05) is 0 Å². The van der Waals surface area contributed by atoms with E-state index in [2.05, 4.69) is 52.0 Å². The Morgan fingerprint density at radius 3 is 2.78 bits per heavy atom. The van der Waals surface area contributed by atoms with E-state index in [1.165, 1.54) is 0 Å². The maximum atomic E-state index is 13.2. The van der Waals surface area contributed by atoms with Crippen molar-refractivity contribution in [1.29, 1.82) is 0 Å². The van der Waals surface area contributed by atoms with E-state index in [9.17, 15) is 4.79 Å². The van der Waals surface area contributed by atoms with Crippen molar-refractivity contribution in [2.24, 2.45) is 0 Å². The van der Waals surface area contributed by atoms with Gasteiger partial charge in [0.15, 0.2) is 5.65 Å². The summed E-state index contributed by atoms with van der Waals surface area (Å²) in [5.74, 6) is 0.240. The Morgan fingerprint density at radius 2 is 2.09 bits per heavy atom. The van der Waals surface area contributed by atoms with Gasteiger partial charge >= 0.3 is 0 Å². The molecule has 0 radical (unpaired) electrons. The average Bonchev–Trinajstić information content (AvgIpc) is 3.25. The second kappa shape index (κ2) is 8.79. The van der Waals surface area contributed by atoms with Crippen molar-refractivity contribution in [3.8, 4) is 0 Å². The van der Waals surface area contributed by atoms with Crippen LogP contribution in [0.4, 0.5) is 5.69 Å². The summed E-state index contributed by atoms with van der Waals surface area (Å²) in [5, 5.41) is 12.3. The molecule has 0 aromatic carbocycles. The summed E-state index contributed by atoms with van der Waals surface area (Å²) in [6.45, 7) is 12.0. The number of hydrogen-bond acceptors (Lipinski definition) is 9. The molecule has 0 spiro atoms. The number of hydrogen-bond donors (Lipinski definition) is 2. The molecule has 10 nitrogen and oxygen atoms in total. The first-order chi connectivity index (χ1) is 15.4. The van der Waals surface area contributed by atoms with Crippen molar-refractivity contribution in [2.75, 3.05) is 57.4 Å². The largest absolute Gasteiger partial charge is 0.378 e. The molecule has 2 aromatic heterocycles. The highest BCUT2D eigenvalue weighted by atomic mass is 32.2. The Hall–Kier alpha value is -1.92. The fourth-order valence-electron chi connectivity index (χ4n) is 4.23. The van der Waals surface area contributed by atoms with Gasteiger partial charge in [0.25, 0.3) is 5.91 Å². The lowest BCUT2D eigenvalue weighted by molar-refractivity contribution is -0.119. The van der Waals surface area contributed by atoms with Gasteiger partial charge in [0, 0.05) is 49.9 Å². The molecule has 3 fully saturated rings. The Labute approximate surface area is 192 Å². The number of nitrogens with zero attached hydrogens (tertiary/aromatic N) is 5. The number of fused-ring (bicyclic) bond motifs is 1. The molecule has 174 valence electrons. The van der Waals surface area contributed by atoms with E-state index in [1.54, 1.807) is 16.8 Å². The molecule has 2 aromatic rings. The normalized spacial score (nSPS) is 28.7. The second-order valence-corrected chi connectivity index (χ2v) is 9.94. The quantitative estimate of drug-likeness (QED) is 0.626. The first-order valence-corrected chi connectivity index (χ1v) is 12.1. The lowest BCUT2D eigenvalue weighted by Gasteiger charge is -2.45. The molecule has 32 heavy (non-hydrogen) atoms. The second-order valence-electron chi connectivity index (χ2n) is 9.06. The number of amides is 1. The standard InChI is InChI=1S/C21H31N7O3S/c1-14-11-27(5-4-22-14)17-10-16(32-25-21(3)13-31-15(21)2)12-28-18(17)23-24-19(28)20(29)26-6-8-30-9-7-26/h10,12,14-15,22,25H,4-9,11,13H2,1-3H3. The zero-order valence-electron chi connectivity index (χ0n) is 18.8. The van der Waals surface area contributed by atoms with Crippen molar-refractivity contribution in [3.05, 3.63) is 18.1 Å². The number of pyridine rings is 1. The first kappa shape index (κ1) is 21.9. The molecule has 2 N–H and O–H groups in total. The van der Waals surface area contributed by atoms with Crippen molar-refractivity contribution >= 4 is 29.2 Å². The van der Waals surface area contributed by atoms with E-state index in [0.717, 1.165) is 30.2 Å². The zero-order chi connectivity index (χ0) is 22.3. The van der Waals surface area contributed by atoms with Crippen LogP contribution in [0, 0.1) is 0 Å². The van der Waals surface area contributed by atoms with Crippen LogP contribution in [-0.4, -0.2) is 95.6 Å². The van der Waals surface area contributed by atoms with Crippen LogP contribution in [-0.2, 0) is 9.47 Å². The van der Waals surface area contributed by atoms with Crippen molar-refractivity contribution in [1.82, 2.24) is 29.5 Å². The third kappa shape index (κ3) is 4.08. The number of nitrogens with one attached hydrogen (secondary N) is 2. The molecule has 3 aliphatic heterocycles. The van der Waals surface area contributed by atoms with Gasteiger partial charge in [-0.05, 0) is 38.8 Å². The molecule has 1 amide bonds. The van der Waals surface area contributed by atoms with E-state index >= 15 is 0 Å². The van der Waals surface area contributed by atoms with Crippen LogP contribution in [0.2, 0.25) is 0 Å². The highest BCUT2D eigenvalue weighted by Crippen LogP contribution is 2.32. The lowest BCUT2D eigenvalue weighted by Crippen LogP contribution is -2.61. The Bertz CT molecular complexity index is 995. The minimum atomic E-state index is -0.108. The SMILES string of the molecule is CC1CN(c2cc(SNC3(C)COC3C)cn3c(C(=O)N4CCOCC4)nnc23)CCN1. The molecular formula is C21H31N7O3S. The third-order valence-corrected chi connectivity index (χ3v) is 7.62. The maximum Gasteiger partial charge on any atom is 0.292 e. The minimum absolute atomic E-state index is 0.0804. The van der Waals surface area contributed by atoms with Gasteiger partial charge in [0.2, 0.25) is 5.82 Å². The first-order valence-electron chi connectivity index (χ1n) is 11.2. The summed E-state index contributed by atoms with van der Waals surface area (Å²) in [4.78, 5) is 18.4.